The van der Waals surface area contributed by atoms with E-state index in [4.69, 9.17) is 0 Å². The summed E-state index contributed by atoms with van der Waals surface area (Å²) in [4.78, 5) is 10.8. The first-order chi connectivity index (χ1) is 6.09. The van der Waals surface area contributed by atoms with E-state index in [9.17, 15) is 4.79 Å². The maximum Gasteiger partial charge on any atom is 0.129 e. The van der Waals surface area contributed by atoms with Gasteiger partial charge in [-0.15, -0.1) is 0 Å². The zero-order chi connectivity index (χ0) is 9.84. The summed E-state index contributed by atoms with van der Waals surface area (Å²) in [5.74, 6) is 1.45. The van der Waals surface area contributed by atoms with Crippen LogP contribution in [0.5, 0.6) is 0 Å². The van der Waals surface area contributed by atoms with Crippen LogP contribution in [0.2, 0.25) is 0 Å². The van der Waals surface area contributed by atoms with Crippen LogP contribution in [-0.2, 0) is 4.79 Å². The van der Waals surface area contributed by atoms with Gasteiger partial charge in [-0.3, -0.25) is 0 Å². The molecule has 2 atom stereocenters. The fraction of sp³-hybridized carbons (Fsp3) is 0.583. The molecule has 1 rings (SSSR count). The number of carbonyl (C=O) groups is 1. The summed E-state index contributed by atoms with van der Waals surface area (Å²) in [6.07, 6.45) is 8.39. The van der Waals surface area contributed by atoms with Crippen molar-refractivity contribution < 1.29 is 4.79 Å². The highest BCUT2D eigenvalue weighted by molar-refractivity contribution is 5.75. The number of Topliss-reactive ketones (excluding diaryl/α,β-unsaturated/α-hetero) is 1. The topological polar surface area (TPSA) is 17.1 Å². The lowest BCUT2D eigenvalue weighted by Gasteiger charge is -2.21. The van der Waals surface area contributed by atoms with Gasteiger partial charge in [-0.1, -0.05) is 30.7 Å². The highest BCUT2D eigenvalue weighted by Gasteiger charge is 2.15. The first kappa shape index (κ1) is 10.2. The van der Waals surface area contributed by atoms with Crippen LogP contribution in [0.3, 0.4) is 0 Å². The van der Waals surface area contributed by atoms with Crippen LogP contribution in [0.4, 0.5) is 0 Å². The smallest absolute Gasteiger partial charge is 0.129 e. The minimum Gasteiger partial charge on any atom is -0.300 e. The predicted molar refractivity (Wildman–Crippen MR) is 55.5 cm³/mol. The standard InChI is InChI=1S/C12H18O/c1-9-4-6-12(10(2)8-9)7-5-11(3)13/h4,6,8,10,12H,5,7H2,1-3H3. The molecule has 0 amide bonds. The van der Waals surface area contributed by atoms with Crippen LogP contribution in [0.1, 0.15) is 33.6 Å². The van der Waals surface area contributed by atoms with E-state index in [0.29, 0.717) is 24.0 Å². The summed E-state index contributed by atoms with van der Waals surface area (Å²) in [7, 11) is 0. The minimum atomic E-state index is 0.298. The van der Waals surface area contributed by atoms with Crippen molar-refractivity contribution in [3.05, 3.63) is 23.8 Å². The SMILES string of the molecule is CC(=O)CCC1C=CC(C)=CC1C. The van der Waals surface area contributed by atoms with Crippen molar-refractivity contribution in [2.24, 2.45) is 11.8 Å². The summed E-state index contributed by atoms with van der Waals surface area (Å²) in [5.41, 5.74) is 1.34. The Kier molecular flexibility index (Phi) is 3.47. The van der Waals surface area contributed by atoms with Crippen LogP contribution in [-0.4, -0.2) is 5.78 Å². The van der Waals surface area contributed by atoms with E-state index in [1.165, 1.54) is 5.57 Å². The minimum absolute atomic E-state index is 0.298. The van der Waals surface area contributed by atoms with Crippen molar-refractivity contribution in [3.63, 3.8) is 0 Å². The number of rotatable bonds is 3. The molecule has 0 aromatic heterocycles. The first-order valence-corrected chi connectivity index (χ1v) is 4.95. The zero-order valence-electron chi connectivity index (χ0n) is 8.71. The Labute approximate surface area is 80.5 Å². The quantitative estimate of drug-likeness (QED) is 0.649. The molecule has 2 unspecified atom stereocenters. The molecule has 0 saturated heterocycles. The Hall–Kier alpha value is -0.850. The van der Waals surface area contributed by atoms with Gasteiger partial charge in [0.2, 0.25) is 0 Å². The summed E-state index contributed by atoms with van der Waals surface area (Å²) >= 11 is 0. The van der Waals surface area contributed by atoms with Gasteiger partial charge >= 0.3 is 0 Å². The molecule has 0 fully saturated rings. The van der Waals surface area contributed by atoms with Gasteiger partial charge in [-0.25, -0.2) is 0 Å². The molecule has 1 nitrogen and oxygen atoms in total. The molecule has 0 aromatic carbocycles. The fourth-order valence-corrected chi connectivity index (χ4v) is 1.77. The molecule has 1 aliphatic carbocycles. The number of hydrogen-bond acceptors (Lipinski definition) is 1. The molecule has 0 bridgehead atoms. The highest BCUT2D eigenvalue weighted by Crippen LogP contribution is 2.26. The third-order valence-corrected chi connectivity index (χ3v) is 2.64. The Bertz CT molecular complexity index is 248. The fourth-order valence-electron chi connectivity index (χ4n) is 1.77. The summed E-state index contributed by atoms with van der Waals surface area (Å²) in [5, 5.41) is 0. The molecule has 72 valence electrons. The van der Waals surface area contributed by atoms with E-state index >= 15 is 0 Å². The van der Waals surface area contributed by atoms with E-state index in [1.54, 1.807) is 6.92 Å². The molecule has 1 heteroatoms. The van der Waals surface area contributed by atoms with Crippen LogP contribution in [0.25, 0.3) is 0 Å². The van der Waals surface area contributed by atoms with Crippen LogP contribution in [0, 0.1) is 11.8 Å². The highest BCUT2D eigenvalue weighted by atomic mass is 16.1. The van der Waals surface area contributed by atoms with Crippen molar-refractivity contribution in [2.45, 2.75) is 33.6 Å². The Morgan fingerprint density at radius 1 is 1.54 bits per heavy atom. The van der Waals surface area contributed by atoms with Gasteiger partial charge in [0.15, 0.2) is 0 Å². The molecular weight excluding hydrogens is 160 g/mol. The molecule has 13 heavy (non-hydrogen) atoms. The molecule has 0 radical (unpaired) electrons. The van der Waals surface area contributed by atoms with Crippen molar-refractivity contribution >= 4 is 5.78 Å². The monoisotopic (exact) mass is 178 g/mol. The third-order valence-electron chi connectivity index (χ3n) is 2.64. The maximum absolute atomic E-state index is 10.8. The Balaban J connectivity index is 2.45. The average molecular weight is 178 g/mol. The number of ketones is 1. The molecule has 0 aliphatic heterocycles. The Morgan fingerprint density at radius 2 is 2.23 bits per heavy atom. The van der Waals surface area contributed by atoms with Gasteiger partial charge in [0, 0.05) is 6.42 Å². The van der Waals surface area contributed by atoms with Gasteiger partial charge in [-0.2, -0.15) is 0 Å². The lowest BCUT2D eigenvalue weighted by Crippen LogP contribution is -2.11. The maximum atomic E-state index is 10.8. The van der Waals surface area contributed by atoms with Crippen molar-refractivity contribution in [2.75, 3.05) is 0 Å². The van der Waals surface area contributed by atoms with E-state index in [1.807, 2.05) is 0 Å². The molecule has 0 spiro atoms. The third kappa shape index (κ3) is 3.17. The lowest BCUT2D eigenvalue weighted by atomic mass is 9.84. The molecule has 0 heterocycles. The van der Waals surface area contributed by atoms with E-state index < -0.39 is 0 Å². The van der Waals surface area contributed by atoms with Crippen LogP contribution in [0.15, 0.2) is 23.8 Å². The number of allylic oxidation sites excluding steroid dienone is 4. The average Bonchev–Trinajstić information content (AvgIpc) is 2.02. The van der Waals surface area contributed by atoms with Crippen molar-refractivity contribution in [3.8, 4) is 0 Å². The second-order valence-corrected chi connectivity index (χ2v) is 4.03. The summed E-state index contributed by atoms with van der Waals surface area (Å²) in [6.45, 7) is 6.00. The predicted octanol–water partition coefficient (Wildman–Crippen LogP) is 3.12. The van der Waals surface area contributed by atoms with E-state index in [2.05, 4.69) is 32.1 Å². The Morgan fingerprint density at radius 3 is 2.77 bits per heavy atom. The molecule has 0 aromatic rings. The van der Waals surface area contributed by atoms with Gasteiger partial charge in [0.25, 0.3) is 0 Å². The number of carbonyl (C=O) groups excluding carboxylic acids is 1. The van der Waals surface area contributed by atoms with E-state index in [0.717, 1.165) is 6.42 Å². The molecule has 0 saturated carbocycles. The molecule has 0 N–H and O–H groups in total. The van der Waals surface area contributed by atoms with Gasteiger partial charge < -0.3 is 4.79 Å². The lowest BCUT2D eigenvalue weighted by molar-refractivity contribution is -0.117. The van der Waals surface area contributed by atoms with Crippen LogP contribution < -0.4 is 0 Å². The molecular formula is C12H18O. The van der Waals surface area contributed by atoms with Gasteiger partial charge in [-0.05, 0) is 32.1 Å². The second-order valence-electron chi connectivity index (χ2n) is 4.03. The first-order valence-electron chi connectivity index (χ1n) is 4.95. The van der Waals surface area contributed by atoms with Crippen LogP contribution >= 0.6 is 0 Å². The van der Waals surface area contributed by atoms with Crippen molar-refractivity contribution in [1.29, 1.82) is 0 Å². The molecule has 1 aliphatic rings. The van der Waals surface area contributed by atoms with Gasteiger partial charge in [0.05, 0.1) is 0 Å². The van der Waals surface area contributed by atoms with Gasteiger partial charge in [0.1, 0.15) is 5.78 Å². The zero-order valence-corrected chi connectivity index (χ0v) is 8.71. The normalized spacial score (nSPS) is 27.2. The summed E-state index contributed by atoms with van der Waals surface area (Å²) < 4.78 is 0. The number of hydrogen-bond donors (Lipinski definition) is 0. The largest absolute Gasteiger partial charge is 0.300 e. The van der Waals surface area contributed by atoms with E-state index in [-0.39, 0.29) is 0 Å². The van der Waals surface area contributed by atoms with Crippen molar-refractivity contribution in [1.82, 2.24) is 0 Å². The summed E-state index contributed by atoms with van der Waals surface area (Å²) in [6, 6.07) is 0. The second kappa shape index (κ2) is 4.40.